The number of hydrogen-bond donors (Lipinski definition) is 2. The van der Waals surface area contributed by atoms with E-state index in [1.807, 2.05) is 54.2 Å². The van der Waals surface area contributed by atoms with E-state index in [4.69, 9.17) is 5.73 Å². The minimum Gasteiger partial charge on any atom is -0.350 e. The number of benzene rings is 2. The van der Waals surface area contributed by atoms with Gasteiger partial charge in [-0.3, -0.25) is 14.9 Å². The molecule has 6 rings (SSSR count). The predicted octanol–water partition coefficient (Wildman–Crippen LogP) is 4.33. The monoisotopic (exact) mass is 466 g/mol. The summed E-state index contributed by atoms with van der Waals surface area (Å²) in [7, 11) is 1.97. The largest absolute Gasteiger partial charge is 0.350 e. The fourth-order valence-corrected chi connectivity index (χ4v) is 6.16. The van der Waals surface area contributed by atoms with Crippen LogP contribution in [0, 0.1) is 11.8 Å². The fourth-order valence-electron chi connectivity index (χ4n) is 6.16. The van der Waals surface area contributed by atoms with Crippen molar-refractivity contribution in [3.05, 3.63) is 77.6 Å². The number of aryl methyl sites for hydroxylation is 1. The molecular weight excluding hydrogens is 436 g/mol. The number of nitrogens with two attached hydrogens (primary N) is 1. The average molecular weight is 467 g/mol. The summed E-state index contributed by atoms with van der Waals surface area (Å²) in [5, 5.41) is 4.73. The van der Waals surface area contributed by atoms with Crippen LogP contribution in [0.1, 0.15) is 37.4 Å². The highest BCUT2D eigenvalue weighted by atomic mass is 16.2. The van der Waals surface area contributed by atoms with Crippen LogP contribution in [0.2, 0.25) is 0 Å². The average Bonchev–Trinajstić information content (AvgIpc) is 3.48. The van der Waals surface area contributed by atoms with Crippen molar-refractivity contribution < 1.29 is 9.59 Å². The fraction of sp³-hybridized carbons (Fsp3) is 0.310. The minimum atomic E-state index is -0.320. The molecule has 0 spiro atoms. The van der Waals surface area contributed by atoms with Gasteiger partial charge in [-0.1, -0.05) is 50.2 Å². The Labute approximate surface area is 204 Å². The van der Waals surface area contributed by atoms with E-state index in [1.54, 1.807) is 0 Å². The summed E-state index contributed by atoms with van der Waals surface area (Å²) in [6.07, 6.45) is 2.70. The van der Waals surface area contributed by atoms with Crippen LogP contribution in [-0.2, 0) is 23.2 Å². The van der Waals surface area contributed by atoms with Gasteiger partial charge in [0.2, 0.25) is 0 Å². The lowest BCUT2D eigenvalue weighted by molar-refractivity contribution is -0.123. The summed E-state index contributed by atoms with van der Waals surface area (Å²) < 4.78 is 4.33. The molecule has 178 valence electrons. The van der Waals surface area contributed by atoms with Gasteiger partial charge in [0.25, 0.3) is 11.8 Å². The Hall–Kier alpha value is -3.64. The number of amides is 2. The third-order valence-corrected chi connectivity index (χ3v) is 7.95. The van der Waals surface area contributed by atoms with Crippen LogP contribution < -0.4 is 11.1 Å². The van der Waals surface area contributed by atoms with Gasteiger partial charge in [0.1, 0.15) is 0 Å². The SMILES string of the molecule is CC(C)C(N)C1CC(C2=C(c3cn(C)c4ccccc34)C(=O)NC2=O)c2cc3ccccc3n2C1. The molecule has 2 aliphatic heterocycles. The molecule has 0 radical (unpaired) electrons. The molecule has 3 N–H and O–H groups in total. The van der Waals surface area contributed by atoms with Crippen LogP contribution in [-0.4, -0.2) is 27.0 Å². The number of aromatic nitrogens is 2. The zero-order chi connectivity index (χ0) is 24.4. The van der Waals surface area contributed by atoms with Gasteiger partial charge < -0.3 is 14.9 Å². The van der Waals surface area contributed by atoms with Crippen LogP contribution >= 0.6 is 0 Å². The highest BCUT2D eigenvalue weighted by molar-refractivity contribution is 6.37. The molecule has 2 aliphatic rings. The summed E-state index contributed by atoms with van der Waals surface area (Å²) >= 11 is 0. The smallest absolute Gasteiger partial charge is 0.259 e. The van der Waals surface area contributed by atoms with Crippen molar-refractivity contribution in [2.24, 2.45) is 24.6 Å². The quantitative estimate of drug-likeness (QED) is 0.439. The first-order valence-electron chi connectivity index (χ1n) is 12.3. The van der Waals surface area contributed by atoms with Crippen molar-refractivity contribution in [2.75, 3.05) is 0 Å². The van der Waals surface area contributed by atoms with E-state index in [1.165, 1.54) is 0 Å². The summed E-state index contributed by atoms with van der Waals surface area (Å²) in [6, 6.07) is 18.5. The number of para-hydroxylation sites is 2. The Morgan fingerprint density at radius 1 is 1.00 bits per heavy atom. The molecule has 2 aromatic heterocycles. The molecule has 4 aromatic rings. The summed E-state index contributed by atoms with van der Waals surface area (Å²) in [5.41, 5.74) is 11.8. The minimum absolute atomic E-state index is 0.00594. The molecule has 0 aliphatic carbocycles. The molecule has 6 heteroatoms. The molecule has 2 amide bonds. The molecule has 6 nitrogen and oxygen atoms in total. The van der Waals surface area contributed by atoms with Gasteiger partial charge in [-0.15, -0.1) is 0 Å². The number of rotatable bonds is 4. The maximum Gasteiger partial charge on any atom is 0.259 e. The Bertz CT molecular complexity index is 1540. The van der Waals surface area contributed by atoms with Crippen LogP contribution in [0.5, 0.6) is 0 Å². The molecule has 35 heavy (non-hydrogen) atoms. The van der Waals surface area contributed by atoms with Crippen molar-refractivity contribution in [3.8, 4) is 0 Å². The Kier molecular flexibility index (Phi) is 4.97. The van der Waals surface area contributed by atoms with Crippen molar-refractivity contribution in [2.45, 2.75) is 38.8 Å². The van der Waals surface area contributed by atoms with Crippen LogP contribution in [0.4, 0.5) is 0 Å². The third kappa shape index (κ3) is 3.27. The molecule has 4 heterocycles. The van der Waals surface area contributed by atoms with E-state index in [9.17, 15) is 9.59 Å². The molecule has 0 fully saturated rings. The second-order valence-electron chi connectivity index (χ2n) is 10.4. The second-order valence-corrected chi connectivity index (χ2v) is 10.4. The first kappa shape index (κ1) is 21.9. The standard InChI is InChI=1S/C29H30N4O2/c1-16(2)27(30)18-12-20(24-13-17-8-4-6-10-22(17)33(24)14-18)25-26(29(35)31-28(25)34)21-15-32(3)23-11-7-5-9-19(21)23/h4-11,13,15-16,18,20,27H,12,14,30H2,1-3H3,(H,31,34,35). The first-order chi connectivity index (χ1) is 16.8. The number of carbonyl (C=O) groups excluding carboxylic acids is 2. The number of fused-ring (bicyclic) bond motifs is 4. The van der Waals surface area contributed by atoms with Crippen LogP contribution in [0.25, 0.3) is 27.4 Å². The molecule has 3 atom stereocenters. The van der Waals surface area contributed by atoms with Gasteiger partial charge in [0, 0.05) is 65.0 Å². The maximum absolute atomic E-state index is 13.4. The number of nitrogens with zero attached hydrogens (tertiary/aromatic N) is 2. The summed E-state index contributed by atoms with van der Waals surface area (Å²) in [5.74, 6) is -0.327. The van der Waals surface area contributed by atoms with Crippen molar-refractivity contribution in [1.82, 2.24) is 14.5 Å². The van der Waals surface area contributed by atoms with Gasteiger partial charge in [-0.25, -0.2) is 0 Å². The highest BCUT2D eigenvalue weighted by Gasteiger charge is 2.42. The first-order valence-corrected chi connectivity index (χ1v) is 12.3. The number of imide groups is 1. The number of carbonyl (C=O) groups is 2. The van der Waals surface area contributed by atoms with Crippen molar-refractivity contribution >= 4 is 39.2 Å². The Balaban J connectivity index is 1.60. The number of nitrogens with one attached hydrogen (secondary N) is 1. The highest BCUT2D eigenvalue weighted by Crippen LogP contribution is 2.45. The summed E-state index contributed by atoms with van der Waals surface area (Å²) in [4.78, 5) is 26.7. The zero-order valence-corrected chi connectivity index (χ0v) is 20.3. The topological polar surface area (TPSA) is 82.1 Å². The Morgan fingerprint density at radius 2 is 1.71 bits per heavy atom. The lowest BCUT2D eigenvalue weighted by atomic mass is 9.76. The molecule has 0 saturated heterocycles. The van der Waals surface area contributed by atoms with Gasteiger partial charge in [0.15, 0.2) is 0 Å². The van der Waals surface area contributed by atoms with Gasteiger partial charge in [0.05, 0.1) is 5.57 Å². The predicted molar refractivity (Wildman–Crippen MR) is 139 cm³/mol. The molecule has 2 aromatic carbocycles. The maximum atomic E-state index is 13.4. The van der Waals surface area contributed by atoms with Crippen LogP contribution in [0.3, 0.4) is 0 Å². The van der Waals surface area contributed by atoms with Crippen molar-refractivity contribution in [3.63, 3.8) is 0 Å². The van der Waals surface area contributed by atoms with Crippen molar-refractivity contribution in [1.29, 1.82) is 0 Å². The molecular formula is C29H30N4O2. The molecule has 0 saturated carbocycles. The van der Waals surface area contributed by atoms with E-state index in [0.29, 0.717) is 17.1 Å². The molecule has 0 bridgehead atoms. The van der Waals surface area contributed by atoms with E-state index in [2.05, 4.69) is 41.9 Å². The third-order valence-electron chi connectivity index (χ3n) is 7.95. The Morgan fingerprint density at radius 3 is 2.49 bits per heavy atom. The normalized spacial score (nSPS) is 21.3. The van der Waals surface area contributed by atoms with Gasteiger partial charge in [-0.2, -0.15) is 0 Å². The lowest BCUT2D eigenvalue weighted by Gasteiger charge is -2.36. The number of hydrogen-bond acceptors (Lipinski definition) is 3. The second kappa shape index (κ2) is 7.95. The van der Waals surface area contributed by atoms with Gasteiger partial charge in [-0.05, 0) is 41.8 Å². The van der Waals surface area contributed by atoms with Crippen LogP contribution in [0.15, 0.2) is 66.4 Å². The van der Waals surface area contributed by atoms with E-state index in [-0.39, 0.29) is 29.7 Å². The van der Waals surface area contributed by atoms with E-state index in [0.717, 1.165) is 46.0 Å². The molecule has 3 unspecified atom stereocenters. The zero-order valence-electron chi connectivity index (χ0n) is 20.3. The lowest BCUT2D eigenvalue weighted by Crippen LogP contribution is -2.41. The van der Waals surface area contributed by atoms with E-state index >= 15 is 0 Å². The van der Waals surface area contributed by atoms with Gasteiger partial charge >= 0.3 is 0 Å². The van der Waals surface area contributed by atoms with E-state index < -0.39 is 0 Å². The summed E-state index contributed by atoms with van der Waals surface area (Å²) in [6.45, 7) is 5.11.